The first kappa shape index (κ1) is 15.2. The van der Waals surface area contributed by atoms with Crippen LogP contribution in [0, 0.1) is 23.5 Å². The normalized spacial score (nSPS) is 12.3. The van der Waals surface area contributed by atoms with Crippen molar-refractivity contribution in [2.24, 2.45) is 0 Å². The highest BCUT2D eigenvalue weighted by molar-refractivity contribution is 5.50. The zero-order chi connectivity index (χ0) is 15.6. The van der Waals surface area contributed by atoms with Gasteiger partial charge in [-0.05, 0) is 25.5 Å². The smallest absolute Gasteiger partial charge is 0.253 e. The summed E-state index contributed by atoms with van der Waals surface area (Å²) in [6, 6.07) is 2.86. The molecule has 0 aromatic carbocycles. The van der Waals surface area contributed by atoms with E-state index in [2.05, 4.69) is 9.97 Å². The molecule has 2 rings (SSSR count). The first-order chi connectivity index (χ1) is 9.97. The van der Waals surface area contributed by atoms with E-state index in [-0.39, 0.29) is 6.54 Å². The molecular weight excluding hydrogens is 286 g/mol. The lowest BCUT2D eigenvalue weighted by Crippen LogP contribution is -2.29. The van der Waals surface area contributed by atoms with Gasteiger partial charge in [-0.1, -0.05) is 6.07 Å². The molecule has 3 nitrogen and oxygen atoms in total. The van der Waals surface area contributed by atoms with Gasteiger partial charge in [0.2, 0.25) is 11.6 Å². The van der Waals surface area contributed by atoms with Gasteiger partial charge < -0.3 is 4.90 Å². The van der Waals surface area contributed by atoms with Crippen molar-refractivity contribution in [2.75, 3.05) is 11.4 Å². The van der Waals surface area contributed by atoms with Crippen molar-refractivity contribution >= 4 is 5.69 Å². The van der Waals surface area contributed by atoms with E-state index >= 15 is 0 Å². The molecule has 0 saturated carbocycles. The maximum absolute atomic E-state index is 13.9. The van der Waals surface area contributed by atoms with E-state index in [1.54, 1.807) is 32.2 Å². The standard InChI is InChI=1S/C14H13F4N3/c1-3-21(8(2)9-5-4-6-19-7-9)12-10(15)13(17)20-14(18)11(12)16/h4-8H,3H2,1-2H3. The average molecular weight is 299 g/mol. The van der Waals surface area contributed by atoms with Gasteiger partial charge in [0.05, 0.1) is 6.04 Å². The van der Waals surface area contributed by atoms with Crippen LogP contribution in [-0.4, -0.2) is 16.5 Å². The third-order valence-electron chi connectivity index (χ3n) is 3.24. The summed E-state index contributed by atoms with van der Waals surface area (Å²) in [5, 5.41) is 0. The molecular formula is C14H13F4N3. The van der Waals surface area contributed by atoms with Gasteiger partial charge in [0.1, 0.15) is 5.69 Å². The Hall–Kier alpha value is -2.18. The summed E-state index contributed by atoms with van der Waals surface area (Å²) < 4.78 is 54.2. The number of anilines is 1. The largest absolute Gasteiger partial charge is 0.360 e. The van der Waals surface area contributed by atoms with Gasteiger partial charge in [-0.3, -0.25) is 4.98 Å². The van der Waals surface area contributed by atoms with Crippen LogP contribution >= 0.6 is 0 Å². The fourth-order valence-electron chi connectivity index (χ4n) is 2.16. The molecule has 7 heteroatoms. The number of aromatic nitrogens is 2. The van der Waals surface area contributed by atoms with Gasteiger partial charge in [-0.15, -0.1) is 0 Å². The summed E-state index contributed by atoms with van der Waals surface area (Å²) in [5.41, 5.74) is -0.102. The average Bonchev–Trinajstić information content (AvgIpc) is 2.50. The molecule has 0 N–H and O–H groups in total. The molecule has 0 aliphatic heterocycles. The molecule has 2 aromatic heterocycles. The highest BCUT2D eigenvalue weighted by atomic mass is 19.2. The summed E-state index contributed by atoms with van der Waals surface area (Å²) >= 11 is 0. The van der Waals surface area contributed by atoms with Gasteiger partial charge in [-0.2, -0.15) is 22.5 Å². The fourth-order valence-corrected chi connectivity index (χ4v) is 2.16. The van der Waals surface area contributed by atoms with E-state index in [4.69, 9.17) is 0 Å². The van der Waals surface area contributed by atoms with Crippen molar-refractivity contribution in [3.05, 3.63) is 53.6 Å². The highest BCUT2D eigenvalue weighted by Crippen LogP contribution is 2.32. The lowest BCUT2D eigenvalue weighted by Gasteiger charge is -2.30. The topological polar surface area (TPSA) is 29.0 Å². The Morgan fingerprint density at radius 2 is 1.76 bits per heavy atom. The molecule has 0 amide bonds. The zero-order valence-electron chi connectivity index (χ0n) is 11.4. The van der Waals surface area contributed by atoms with Crippen LogP contribution in [0.3, 0.4) is 0 Å². The summed E-state index contributed by atoms with van der Waals surface area (Å²) in [6.07, 6.45) is 3.08. The van der Waals surface area contributed by atoms with E-state index in [1.807, 2.05) is 0 Å². The minimum absolute atomic E-state index is 0.146. The molecule has 112 valence electrons. The molecule has 0 bridgehead atoms. The Balaban J connectivity index is 2.52. The molecule has 21 heavy (non-hydrogen) atoms. The van der Waals surface area contributed by atoms with Gasteiger partial charge in [-0.25, -0.2) is 0 Å². The zero-order valence-corrected chi connectivity index (χ0v) is 11.4. The second kappa shape index (κ2) is 6.07. The number of halogens is 4. The quantitative estimate of drug-likeness (QED) is 0.638. The SMILES string of the molecule is CCN(c1c(F)c(F)nc(F)c1F)C(C)c1cccnc1. The summed E-state index contributed by atoms with van der Waals surface area (Å²) in [5.74, 6) is -6.35. The van der Waals surface area contributed by atoms with Gasteiger partial charge in [0.25, 0.3) is 11.9 Å². The highest BCUT2D eigenvalue weighted by Gasteiger charge is 2.27. The van der Waals surface area contributed by atoms with Crippen molar-refractivity contribution in [1.29, 1.82) is 0 Å². The first-order valence-corrected chi connectivity index (χ1v) is 6.33. The molecule has 0 fully saturated rings. The van der Waals surface area contributed by atoms with Crippen molar-refractivity contribution in [3.63, 3.8) is 0 Å². The van der Waals surface area contributed by atoms with Crippen LogP contribution in [0.4, 0.5) is 23.2 Å². The minimum atomic E-state index is -1.67. The van der Waals surface area contributed by atoms with Crippen molar-refractivity contribution in [1.82, 2.24) is 9.97 Å². The Kier molecular flexibility index (Phi) is 4.40. The second-order valence-corrected chi connectivity index (χ2v) is 4.42. The number of hydrogen-bond donors (Lipinski definition) is 0. The van der Waals surface area contributed by atoms with Crippen molar-refractivity contribution < 1.29 is 17.6 Å². The van der Waals surface area contributed by atoms with Gasteiger partial charge in [0.15, 0.2) is 0 Å². The monoisotopic (exact) mass is 299 g/mol. The maximum Gasteiger partial charge on any atom is 0.253 e. The van der Waals surface area contributed by atoms with Crippen LogP contribution in [0.15, 0.2) is 24.5 Å². The maximum atomic E-state index is 13.9. The molecule has 0 radical (unpaired) electrons. The van der Waals surface area contributed by atoms with E-state index in [0.29, 0.717) is 5.56 Å². The van der Waals surface area contributed by atoms with Gasteiger partial charge in [0, 0.05) is 18.9 Å². The van der Waals surface area contributed by atoms with Crippen LogP contribution in [0.1, 0.15) is 25.5 Å². The summed E-state index contributed by atoms with van der Waals surface area (Å²) in [6.45, 7) is 3.43. The molecule has 2 heterocycles. The second-order valence-electron chi connectivity index (χ2n) is 4.42. The molecule has 2 aromatic rings. The Morgan fingerprint density at radius 3 is 2.24 bits per heavy atom. The van der Waals surface area contributed by atoms with Crippen LogP contribution in [0.2, 0.25) is 0 Å². The predicted molar refractivity (Wildman–Crippen MR) is 69.7 cm³/mol. The fraction of sp³-hybridized carbons (Fsp3) is 0.286. The lowest BCUT2D eigenvalue weighted by molar-refractivity contribution is 0.403. The predicted octanol–water partition coefficient (Wildman–Crippen LogP) is 3.62. The number of rotatable bonds is 4. The van der Waals surface area contributed by atoms with Crippen molar-refractivity contribution in [2.45, 2.75) is 19.9 Å². The molecule has 0 aliphatic carbocycles. The van der Waals surface area contributed by atoms with E-state index < -0.39 is 35.3 Å². The molecule has 0 aliphatic rings. The number of hydrogen-bond acceptors (Lipinski definition) is 3. The minimum Gasteiger partial charge on any atom is -0.360 e. The summed E-state index contributed by atoms with van der Waals surface area (Å²) in [4.78, 5) is 7.70. The third kappa shape index (κ3) is 2.81. The number of pyridine rings is 2. The van der Waals surface area contributed by atoms with E-state index in [1.165, 1.54) is 11.1 Å². The molecule has 0 spiro atoms. The van der Waals surface area contributed by atoms with Crippen LogP contribution in [-0.2, 0) is 0 Å². The molecule has 0 saturated heterocycles. The Bertz CT molecular complexity index is 608. The number of nitrogens with zero attached hydrogens (tertiary/aromatic N) is 3. The van der Waals surface area contributed by atoms with Crippen molar-refractivity contribution in [3.8, 4) is 0 Å². The van der Waals surface area contributed by atoms with Crippen LogP contribution < -0.4 is 4.90 Å². The lowest BCUT2D eigenvalue weighted by atomic mass is 10.1. The van der Waals surface area contributed by atoms with E-state index in [9.17, 15) is 17.6 Å². The van der Waals surface area contributed by atoms with Crippen LogP contribution in [0.5, 0.6) is 0 Å². The third-order valence-corrected chi connectivity index (χ3v) is 3.24. The van der Waals surface area contributed by atoms with Crippen LogP contribution in [0.25, 0.3) is 0 Å². The van der Waals surface area contributed by atoms with Gasteiger partial charge >= 0.3 is 0 Å². The Morgan fingerprint density at radius 1 is 1.14 bits per heavy atom. The molecule has 1 unspecified atom stereocenters. The van der Waals surface area contributed by atoms with E-state index in [0.717, 1.165) is 0 Å². The first-order valence-electron chi connectivity index (χ1n) is 6.33. The molecule has 1 atom stereocenters. The summed E-state index contributed by atoms with van der Waals surface area (Å²) in [7, 11) is 0. The Labute approximate surface area is 119 Å².